The van der Waals surface area contributed by atoms with E-state index in [-0.39, 0.29) is 6.04 Å². The molecule has 0 bridgehead atoms. The quantitative estimate of drug-likeness (QED) is 0.828. The summed E-state index contributed by atoms with van der Waals surface area (Å²) >= 11 is 3.76. The normalized spacial score (nSPS) is 17.2. The molecule has 128 valence electrons. The Kier molecular flexibility index (Phi) is 6.30. The van der Waals surface area contributed by atoms with Crippen LogP contribution in [-0.2, 0) is 0 Å². The third-order valence-electron chi connectivity index (χ3n) is 4.45. The molecule has 0 radical (unpaired) electrons. The summed E-state index contributed by atoms with van der Waals surface area (Å²) in [6, 6.07) is 17.2. The zero-order chi connectivity index (χ0) is 16.8. The van der Waals surface area contributed by atoms with Crippen molar-refractivity contribution in [2.75, 3.05) is 32.8 Å². The molecule has 1 aliphatic heterocycles. The van der Waals surface area contributed by atoms with Gasteiger partial charge in [-0.05, 0) is 37.6 Å². The highest BCUT2D eigenvalue weighted by Crippen LogP contribution is 2.38. The molecule has 1 unspecified atom stereocenters. The highest BCUT2D eigenvalue weighted by molar-refractivity contribution is 9.10. The van der Waals surface area contributed by atoms with Crippen molar-refractivity contribution >= 4 is 15.9 Å². The van der Waals surface area contributed by atoms with Crippen LogP contribution in [-0.4, -0.2) is 37.7 Å². The van der Waals surface area contributed by atoms with Gasteiger partial charge in [0.25, 0.3) is 0 Å². The van der Waals surface area contributed by atoms with Crippen molar-refractivity contribution in [3.8, 4) is 5.75 Å². The van der Waals surface area contributed by atoms with Crippen LogP contribution in [0.25, 0.3) is 0 Å². The minimum Gasteiger partial charge on any atom is -0.494 e. The first-order valence-corrected chi connectivity index (χ1v) is 9.51. The summed E-state index contributed by atoms with van der Waals surface area (Å²) < 4.78 is 7.10. The Bertz CT molecular complexity index is 654. The summed E-state index contributed by atoms with van der Waals surface area (Å²) in [5, 5.41) is 3.50. The van der Waals surface area contributed by atoms with Gasteiger partial charge in [0.05, 0.1) is 12.6 Å². The second kappa shape index (κ2) is 8.65. The summed E-state index contributed by atoms with van der Waals surface area (Å²) in [5.41, 5.74) is 2.54. The summed E-state index contributed by atoms with van der Waals surface area (Å²) in [6.07, 6.45) is 1.16. The lowest BCUT2D eigenvalue weighted by Crippen LogP contribution is -2.33. The molecule has 1 fully saturated rings. The van der Waals surface area contributed by atoms with E-state index in [1.807, 2.05) is 6.92 Å². The third-order valence-corrected chi connectivity index (χ3v) is 5.18. The van der Waals surface area contributed by atoms with Crippen molar-refractivity contribution < 1.29 is 4.74 Å². The zero-order valence-corrected chi connectivity index (χ0v) is 15.8. The monoisotopic (exact) mass is 388 g/mol. The molecule has 1 atom stereocenters. The molecule has 24 heavy (non-hydrogen) atoms. The van der Waals surface area contributed by atoms with Crippen LogP contribution in [0.5, 0.6) is 5.75 Å². The van der Waals surface area contributed by atoms with Crippen LogP contribution in [0.3, 0.4) is 0 Å². The minimum absolute atomic E-state index is 0.197. The van der Waals surface area contributed by atoms with Crippen molar-refractivity contribution in [1.82, 2.24) is 10.2 Å². The maximum atomic E-state index is 5.94. The largest absolute Gasteiger partial charge is 0.494 e. The van der Waals surface area contributed by atoms with Gasteiger partial charge in [-0.15, -0.1) is 0 Å². The van der Waals surface area contributed by atoms with Gasteiger partial charge in [-0.1, -0.05) is 52.3 Å². The molecule has 1 saturated heterocycles. The predicted molar refractivity (Wildman–Crippen MR) is 103 cm³/mol. The molecule has 1 aliphatic rings. The van der Waals surface area contributed by atoms with Gasteiger partial charge >= 0.3 is 0 Å². The highest BCUT2D eigenvalue weighted by atomic mass is 79.9. The fraction of sp³-hybridized carbons (Fsp3) is 0.400. The fourth-order valence-corrected chi connectivity index (χ4v) is 3.88. The fourth-order valence-electron chi connectivity index (χ4n) is 3.38. The van der Waals surface area contributed by atoms with Gasteiger partial charge in [0, 0.05) is 29.7 Å². The predicted octanol–water partition coefficient (Wildman–Crippen LogP) is 4.23. The molecular weight excluding hydrogens is 364 g/mol. The number of ether oxygens (including phenoxy) is 1. The third kappa shape index (κ3) is 4.00. The number of halogens is 1. The molecule has 2 aromatic rings. The molecule has 0 spiro atoms. The maximum Gasteiger partial charge on any atom is 0.124 e. The Hall–Kier alpha value is -1.36. The number of para-hydroxylation sites is 1. The van der Waals surface area contributed by atoms with Gasteiger partial charge in [-0.25, -0.2) is 0 Å². The maximum absolute atomic E-state index is 5.94. The average Bonchev–Trinajstić information content (AvgIpc) is 2.88. The molecule has 1 N–H and O–H groups in total. The van der Waals surface area contributed by atoms with Crippen LogP contribution in [0.15, 0.2) is 53.0 Å². The van der Waals surface area contributed by atoms with Gasteiger partial charge in [0.1, 0.15) is 5.75 Å². The van der Waals surface area contributed by atoms with E-state index in [4.69, 9.17) is 4.74 Å². The molecule has 4 heteroatoms. The Morgan fingerprint density at radius 2 is 1.79 bits per heavy atom. The molecule has 0 aliphatic carbocycles. The van der Waals surface area contributed by atoms with Crippen LogP contribution in [0.1, 0.15) is 30.5 Å². The Morgan fingerprint density at radius 3 is 2.58 bits per heavy atom. The summed E-state index contributed by atoms with van der Waals surface area (Å²) in [5.74, 6) is 0.984. The number of nitrogens with one attached hydrogen (secondary N) is 1. The number of benzene rings is 2. The molecule has 0 amide bonds. The van der Waals surface area contributed by atoms with Crippen molar-refractivity contribution in [3.05, 3.63) is 64.1 Å². The van der Waals surface area contributed by atoms with Crippen molar-refractivity contribution in [2.45, 2.75) is 19.4 Å². The van der Waals surface area contributed by atoms with Crippen molar-refractivity contribution in [1.29, 1.82) is 0 Å². The molecule has 0 saturated carbocycles. The summed E-state index contributed by atoms with van der Waals surface area (Å²) in [4.78, 5) is 2.57. The Labute approximate surface area is 153 Å². The van der Waals surface area contributed by atoms with E-state index in [0.29, 0.717) is 6.61 Å². The lowest BCUT2D eigenvalue weighted by Gasteiger charge is -2.33. The smallest absolute Gasteiger partial charge is 0.124 e. The zero-order valence-electron chi connectivity index (χ0n) is 14.2. The molecule has 0 aromatic heterocycles. The first kappa shape index (κ1) is 17.5. The SMILES string of the molecule is CCOc1ccccc1C(c1ccccc1Br)N1CCCNCC1. The topological polar surface area (TPSA) is 24.5 Å². The van der Waals surface area contributed by atoms with Gasteiger partial charge < -0.3 is 10.1 Å². The number of rotatable bonds is 5. The van der Waals surface area contributed by atoms with Gasteiger partial charge in [-0.3, -0.25) is 4.90 Å². The second-order valence-electron chi connectivity index (χ2n) is 6.03. The van der Waals surface area contributed by atoms with E-state index in [9.17, 15) is 0 Å². The summed E-state index contributed by atoms with van der Waals surface area (Å²) in [7, 11) is 0. The van der Waals surface area contributed by atoms with Crippen molar-refractivity contribution in [2.24, 2.45) is 0 Å². The van der Waals surface area contributed by atoms with Crippen molar-refractivity contribution in [3.63, 3.8) is 0 Å². The van der Waals surface area contributed by atoms with E-state index >= 15 is 0 Å². The number of hydrogen-bond donors (Lipinski definition) is 1. The lowest BCUT2D eigenvalue weighted by molar-refractivity contribution is 0.233. The van der Waals surface area contributed by atoms with E-state index in [0.717, 1.165) is 42.8 Å². The second-order valence-corrected chi connectivity index (χ2v) is 6.89. The van der Waals surface area contributed by atoms with Gasteiger partial charge in [-0.2, -0.15) is 0 Å². The van der Waals surface area contributed by atoms with Crippen LogP contribution in [0, 0.1) is 0 Å². The van der Waals surface area contributed by atoms with Crippen LogP contribution in [0.2, 0.25) is 0 Å². The van der Waals surface area contributed by atoms with Crippen LogP contribution < -0.4 is 10.1 Å². The first-order chi connectivity index (χ1) is 11.8. The van der Waals surface area contributed by atoms with E-state index in [2.05, 4.69) is 74.7 Å². The molecule has 1 heterocycles. The van der Waals surface area contributed by atoms with Gasteiger partial charge in [0.15, 0.2) is 0 Å². The molecule has 3 rings (SSSR count). The van der Waals surface area contributed by atoms with E-state index in [1.54, 1.807) is 0 Å². The Balaban J connectivity index is 2.06. The van der Waals surface area contributed by atoms with Crippen LogP contribution in [0.4, 0.5) is 0 Å². The van der Waals surface area contributed by atoms with E-state index in [1.165, 1.54) is 11.1 Å². The standard InChI is InChI=1S/C20H25BrN2O/c1-2-24-19-11-6-4-9-17(19)20(16-8-3-5-10-18(16)21)23-14-7-12-22-13-15-23/h3-6,8-11,20,22H,2,7,12-15H2,1H3. The molecule has 2 aromatic carbocycles. The number of hydrogen-bond acceptors (Lipinski definition) is 3. The summed E-state index contributed by atoms with van der Waals surface area (Å²) in [6.45, 7) is 6.96. The highest BCUT2D eigenvalue weighted by Gasteiger charge is 2.27. The first-order valence-electron chi connectivity index (χ1n) is 8.72. The minimum atomic E-state index is 0.197. The van der Waals surface area contributed by atoms with Crippen LogP contribution >= 0.6 is 15.9 Å². The Morgan fingerprint density at radius 1 is 1.04 bits per heavy atom. The number of nitrogens with zero attached hydrogens (tertiary/aromatic N) is 1. The average molecular weight is 389 g/mol. The lowest BCUT2D eigenvalue weighted by atomic mass is 9.96. The molecular formula is C20H25BrN2O. The molecule has 3 nitrogen and oxygen atoms in total. The van der Waals surface area contributed by atoms with E-state index < -0.39 is 0 Å². The van der Waals surface area contributed by atoms with Gasteiger partial charge in [0.2, 0.25) is 0 Å².